The largest absolute Gasteiger partial charge is 0.493 e. The lowest BCUT2D eigenvalue weighted by atomic mass is 10.0. The molecule has 2 N–H and O–H groups in total. The fraction of sp³-hybridized carbons (Fsp3) is 0.333. The van der Waals surface area contributed by atoms with E-state index in [9.17, 15) is 14.0 Å². The normalized spacial score (nSPS) is 14.5. The molecule has 3 rings (SSSR count). The summed E-state index contributed by atoms with van der Waals surface area (Å²) in [5, 5.41) is 11.5. The molecule has 0 aromatic heterocycles. The summed E-state index contributed by atoms with van der Waals surface area (Å²) in [6.07, 6.45) is 1.92. The van der Waals surface area contributed by atoms with Crippen LogP contribution in [0.4, 0.5) is 10.1 Å². The lowest BCUT2D eigenvalue weighted by molar-refractivity contribution is 0.0496. The maximum Gasteiger partial charge on any atom is 0.335 e. The zero-order chi connectivity index (χ0) is 20.1. The number of hydrogen-bond donors (Lipinski definition) is 2. The van der Waals surface area contributed by atoms with Crippen molar-refractivity contribution in [3.63, 3.8) is 0 Å². The Morgan fingerprint density at radius 2 is 1.96 bits per heavy atom. The van der Waals surface area contributed by atoms with Crippen LogP contribution in [0, 0.1) is 18.7 Å². The van der Waals surface area contributed by atoms with E-state index in [0.29, 0.717) is 24.0 Å². The van der Waals surface area contributed by atoms with Crippen LogP contribution in [0.2, 0.25) is 0 Å². The SMILES string of the molecule is Cc1ccc(NC(=O)c2ccc(C(=O)O)cc2F)cc1OCC1CCOCC1. The molecule has 7 heteroatoms. The van der Waals surface area contributed by atoms with Gasteiger partial charge < -0.3 is 19.9 Å². The van der Waals surface area contributed by atoms with Crippen molar-refractivity contribution in [2.75, 3.05) is 25.1 Å². The van der Waals surface area contributed by atoms with Crippen molar-refractivity contribution < 1.29 is 28.6 Å². The van der Waals surface area contributed by atoms with Gasteiger partial charge in [0.25, 0.3) is 5.91 Å². The Kier molecular flexibility index (Phi) is 6.26. The number of carboxylic acid groups (broad SMARTS) is 1. The molecule has 0 spiro atoms. The number of carbonyl (C=O) groups excluding carboxylic acids is 1. The van der Waals surface area contributed by atoms with Crippen LogP contribution in [0.15, 0.2) is 36.4 Å². The molecule has 6 nitrogen and oxygen atoms in total. The van der Waals surface area contributed by atoms with Gasteiger partial charge in [-0.05, 0) is 55.5 Å². The summed E-state index contributed by atoms with van der Waals surface area (Å²) >= 11 is 0. The number of amides is 1. The van der Waals surface area contributed by atoms with Crippen LogP contribution in [0.1, 0.15) is 39.1 Å². The van der Waals surface area contributed by atoms with Gasteiger partial charge >= 0.3 is 5.97 Å². The maximum atomic E-state index is 14.1. The molecule has 0 saturated carbocycles. The van der Waals surface area contributed by atoms with Gasteiger partial charge in [-0.2, -0.15) is 0 Å². The van der Waals surface area contributed by atoms with Gasteiger partial charge in [-0.1, -0.05) is 6.07 Å². The summed E-state index contributed by atoms with van der Waals surface area (Å²) in [6, 6.07) is 8.41. The Labute approximate surface area is 162 Å². The summed E-state index contributed by atoms with van der Waals surface area (Å²) in [4.78, 5) is 23.2. The summed E-state index contributed by atoms with van der Waals surface area (Å²) < 4.78 is 25.3. The summed E-state index contributed by atoms with van der Waals surface area (Å²) in [5.74, 6) is -1.70. The minimum atomic E-state index is -1.25. The number of aryl methyl sites for hydroxylation is 1. The molecular formula is C21H22FNO5. The molecule has 0 atom stereocenters. The zero-order valence-electron chi connectivity index (χ0n) is 15.5. The number of benzene rings is 2. The van der Waals surface area contributed by atoms with Crippen molar-refractivity contribution in [1.82, 2.24) is 0 Å². The second kappa shape index (κ2) is 8.84. The topological polar surface area (TPSA) is 84.9 Å². The van der Waals surface area contributed by atoms with Gasteiger partial charge in [0, 0.05) is 25.0 Å². The first kappa shape index (κ1) is 19.8. The Morgan fingerprint density at radius 1 is 1.21 bits per heavy atom. The number of carbonyl (C=O) groups is 2. The third kappa shape index (κ3) is 4.86. The highest BCUT2D eigenvalue weighted by Crippen LogP contribution is 2.25. The molecule has 0 aliphatic carbocycles. The Bertz CT molecular complexity index is 877. The van der Waals surface area contributed by atoms with Gasteiger partial charge in [0.05, 0.1) is 17.7 Å². The van der Waals surface area contributed by atoms with E-state index in [4.69, 9.17) is 14.6 Å². The highest BCUT2D eigenvalue weighted by Gasteiger charge is 2.17. The van der Waals surface area contributed by atoms with Crippen LogP contribution in [0.3, 0.4) is 0 Å². The molecule has 1 aliphatic rings. The molecule has 0 radical (unpaired) electrons. The van der Waals surface area contributed by atoms with Crippen molar-refractivity contribution in [2.45, 2.75) is 19.8 Å². The van der Waals surface area contributed by atoms with E-state index in [0.717, 1.165) is 43.8 Å². The third-order valence-corrected chi connectivity index (χ3v) is 4.72. The smallest absolute Gasteiger partial charge is 0.335 e. The van der Waals surface area contributed by atoms with Gasteiger partial charge in [0.2, 0.25) is 0 Å². The molecule has 0 unspecified atom stereocenters. The molecule has 1 heterocycles. The monoisotopic (exact) mass is 387 g/mol. The van der Waals surface area contributed by atoms with Gasteiger partial charge in [0.1, 0.15) is 11.6 Å². The summed E-state index contributed by atoms with van der Waals surface area (Å²) in [6.45, 7) is 3.98. The molecule has 28 heavy (non-hydrogen) atoms. The predicted octanol–water partition coefficient (Wildman–Crippen LogP) is 3.89. The number of aromatic carboxylic acids is 1. The molecule has 1 fully saturated rings. The Morgan fingerprint density at radius 3 is 2.64 bits per heavy atom. The van der Waals surface area contributed by atoms with Crippen LogP contribution in [0.25, 0.3) is 0 Å². The number of rotatable bonds is 6. The van der Waals surface area contributed by atoms with E-state index < -0.39 is 17.7 Å². The highest BCUT2D eigenvalue weighted by atomic mass is 19.1. The van der Waals surface area contributed by atoms with E-state index in [1.54, 1.807) is 12.1 Å². The first-order valence-corrected chi connectivity index (χ1v) is 9.09. The molecule has 0 bridgehead atoms. The first-order valence-electron chi connectivity index (χ1n) is 9.09. The number of nitrogens with one attached hydrogen (secondary N) is 1. The minimum Gasteiger partial charge on any atom is -0.493 e. The number of anilines is 1. The second-order valence-corrected chi connectivity index (χ2v) is 6.80. The molecule has 2 aromatic carbocycles. The van der Waals surface area contributed by atoms with E-state index in [1.807, 2.05) is 13.0 Å². The van der Waals surface area contributed by atoms with Crippen molar-refractivity contribution >= 4 is 17.6 Å². The quantitative estimate of drug-likeness (QED) is 0.786. The predicted molar refractivity (Wildman–Crippen MR) is 102 cm³/mol. The standard InChI is InChI=1S/C21H22FNO5/c1-13-2-4-16(11-19(13)28-12-14-6-8-27-9-7-14)23-20(24)17-5-3-15(21(25)26)10-18(17)22/h2-5,10-11,14H,6-9,12H2,1H3,(H,23,24)(H,25,26). The Balaban J connectivity index is 1.68. The fourth-order valence-corrected chi connectivity index (χ4v) is 2.98. The number of halogens is 1. The minimum absolute atomic E-state index is 0.215. The van der Waals surface area contributed by atoms with Crippen LogP contribution < -0.4 is 10.1 Å². The van der Waals surface area contributed by atoms with Gasteiger partial charge in [-0.3, -0.25) is 4.79 Å². The van der Waals surface area contributed by atoms with Crippen molar-refractivity contribution in [1.29, 1.82) is 0 Å². The lowest BCUT2D eigenvalue weighted by Gasteiger charge is -2.22. The fourth-order valence-electron chi connectivity index (χ4n) is 2.98. The van der Waals surface area contributed by atoms with E-state index >= 15 is 0 Å². The van der Waals surface area contributed by atoms with Crippen molar-refractivity contribution in [2.24, 2.45) is 5.92 Å². The third-order valence-electron chi connectivity index (χ3n) is 4.72. The average molecular weight is 387 g/mol. The molecule has 1 saturated heterocycles. The van der Waals surface area contributed by atoms with Crippen molar-refractivity contribution in [3.05, 3.63) is 58.9 Å². The van der Waals surface area contributed by atoms with E-state index in [2.05, 4.69) is 5.32 Å². The van der Waals surface area contributed by atoms with Gasteiger partial charge in [0.15, 0.2) is 0 Å². The zero-order valence-corrected chi connectivity index (χ0v) is 15.5. The average Bonchev–Trinajstić information content (AvgIpc) is 2.69. The van der Waals surface area contributed by atoms with E-state index in [1.165, 1.54) is 6.07 Å². The molecule has 1 aliphatic heterocycles. The maximum absolute atomic E-state index is 14.1. The Hall–Kier alpha value is -2.93. The molecule has 148 valence electrons. The number of ether oxygens (including phenoxy) is 2. The lowest BCUT2D eigenvalue weighted by Crippen LogP contribution is -2.21. The van der Waals surface area contributed by atoms with Gasteiger partial charge in [-0.25, -0.2) is 9.18 Å². The van der Waals surface area contributed by atoms with Crippen LogP contribution in [-0.4, -0.2) is 36.8 Å². The molecule has 1 amide bonds. The first-order chi connectivity index (χ1) is 13.4. The van der Waals surface area contributed by atoms with Crippen LogP contribution in [0.5, 0.6) is 5.75 Å². The molecule has 2 aromatic rings. The van der Waals surface area contributed by atoms with Crippen LogP contribution in [-0.2, 0) is 4.74 Å². The molecular weight excluding hydrogens is 365 g/mol. The summed E-state index contributed by atoms with van der Waals surface area (Å²) in [5.41, 5.74) is 0.963. The highest BCUT2D eigenvalue weighted by molar-refractivity contribution is 6.05. The van der Waals surface area contributed by atoms with Gasteiger partial charge in [-0.15, -0.1) is 0 Å². The van der Waals surface area contributed by atoms with Crippen molar-refractivity contribution in [3.8, 4) is 5.75 Å². The second-order valence-electron chi connectivity index (χ2n) is 6.80. The van der Waals surface area contributed by atoms with E-state index in [-0.39, 0.29) is 11.1 Å². The number of hydrogen-bond acceptors (Lipinski definition) is 4. The number of carboxylic acids is 1. The van der Waals surface area contributed by atoms with Crippen LogP contribution >= 0.6 is 0 Å². The summed E-state index contributed by atoms with van der Waals surface area (Å²) in [7, 11) is 0.